The van der Waals surface area contributed by atoms with E-state index in [4.69, 9.17) is 4.74 Å². The van der Waals surface area contributed by atoms with Crippen LogP contribution in [0.2, 0.25) is 0 Å². The molecule has 3 nitrogen and oxygen atoms in total. The Kier molecular flexibility index (Phi) is 6.39. The van der Waals surface area contributed by atoms with Crippen molar-refractivity contribution in [3.05, 3.63) is 41.7 Å². The van der Waals surface area contributed by atoms with Crippen molar-refractivity contribution in [2.45, 2.75) is 20.0 Å². The minimum Gasteiger partial charge on any atom is -0.488 e. The maximum atomic E-state index is 13.2. The number of aliphatic hydroxyl groups excluding tert-OH is 1. The van der Waals surface area contributed by atoms with Crippen molar-refractivity contribution in [2.24, 2.45) is 0 Å². The molecule has 1 unspecified atom stereocenters. The lowest BCUT2D eigenvalue weighted by molar-refractivity contribution is 0.105. The van der Waals surface area contributed by atoms with Gasteiger partial charge >= 0.3 is 0 Å². The van der Waals surface area contributed by atoms with E-state index in [1.54, 1.807) is 18.2 Å². The molecule has 0 spiro atoms. The highest BCUT2D eigenvalue weighted by molar-refractivity contribution is 5.23. The molecule has 2 N–H and O–H groups in total. The number of nitrogens with one attached hydrogen (secondary N) is 1. The summed E-state index contributed by atoms with van der Waals surface area (Å²) < 4.78 is 18.4. The molecule has 0 aliphatic carbocycles. The van der Waals surface area contributed by atoms with Gasteiger partial charge in [-0.1, -0.05) is 23.8 Å². The number of hydrogen-bond donors (Lipinski definition) is 2. The highest BCUT2D eigenvalue weighted by atomic mass is 19.1. The Labute approximate surface area is 107 Å². The van der Waals surface area contributed by atoms with Crippen LogP contribution in [0.3, 0.4) is 0 Å². The van der Waals surface area contributed by atoms with E-state index in [1.807, 2.05) is 19.9 Å². The molecule has 0 aliphatic rings. The number of hydrogen-bond acceptors (Lipinski definition) is 3. The number of rotatable bonds is 7. The Morgan fingerprint density at radius 3 is 2.83 bits per heavy atom. The number of halogens is 1. The van der Waals surface area contributed by atoms with Gasteiger partial charge in [0.2, 0.25) is 0 Å². The van der Waals surface area contributed by atoms with Crippen LogP contribution in [0.5, 0.6) is 5.75 Å². The van der Waals surface area contributed by atoms with Crippen molar-refractivity contribution in [3.63, 3.8) is 0 Å². The van der Waals surface area contributed by atoms with Crippen molar-refractivity contribution in [3.8, 4) is 5.75 Å². The summed E-state index contributed by atoms with van der Waals surface area (Å²) in [7, 11) is 0. The van der Waals surface area contributed by atoms with Gasteiger partial charge in [0.25, 0.3) is 0 Å². The van der Waals surface area contributed by atoms with Gasteiger partial charge in [-0.25, -0.2) is 4.39 Å². The molecule has 0 saturated carbocycles. The Balaban J connectivity index is 2.23. The lowest BCUT2D eigenvalue weighted by Crippen LogP contribution is -2.31. The average molecular weight is 253 g/mol. The van der Waals surface area contributed by atoms with Crippen molar-refractivity contribution in [2.75, 3.05) is 19.7 Å². The maximum absolute atomic E-state index is 13.2. The first-order chi connectivity index (χ1) is 8.59. The van der Waals surface area contributed by atoms with E-state index < -0.39 is 11.9 Å². The fourth-order valence-corrected chi connectivity index (χ4v) is 1.33. The highest BCUT2D eigenvalue weighted by Crippen LogP contribution is 2.15. The zero-order chi connectivity index (χ0) is 13.4. The first-order valence-electron chi connectivity index (χ1n) is 5.99. The summed E-state index contributed by atoms with van der Waals surface area (Å²) in [6.45, 7) is 5.22. The molecule has 4 heteroatoms. The Morgan fingerprint density at radius 1 is 1.44 bits per heavy atom. The Morgan fingerprint density at radius 2 is 2.17 bits per heavy atom. The Bertz CT molecular complexity index is 389. The van der Waals surface area contributed by atoms with E-state index >= 15 is 0 Å². The maximum Gasteiger partial charge on any atom is 0.165 e. The van der Waals surface area contributed by atoms with Crippen molar-refractivity contribution >= 4 is 0 Å². The third kappa shape index (κ3) is 5.80. The van der Waals surface area contributed by atoms with Crippen LogP contribution >= 0.6 is 0 Å². The van der Waals surface area contributed by atoms with E-state index in [0.717, 1.165) is 0 Å². The summed E-state index contributed by atoms with van der Waals surface area (Å²) in [5.41, 5.74) is 1.22. The molecule has 100 valence electrons. The molecule has 18 heavy (non-hydrogen) atoms. The topological polar surface area (TPSA) is 41.5 Å². The first kappa shape index (κ1) is 14.7. The summed E-state index contributed by atoms with van der Waals surface area (Å²) in [4.78, 5) is 0. The smallest absolute Gasteiger partial charge is 0.165 e. The molecule has 0 aromatic heterocycles. The minimum atomic E-state index is -0.657. The third-order valence-corrected chi connectivity index (χ3v) is 2.30. The molecule has 0 heterocycles. The fourth-order valence-electron chi connectivity index (χ4n) is 1.33. The second-order valence-corrected chi connectivity index (χ2v) is 4.33. The van der Waals surface area contributed by atoms with Gasteiger partial charge in [-0.05, 0) is 26.0 Å². The molecule has 1 atom stereocenters. The van der Waals surface area contributed by atoms with Crippen LogP contribution in [0.1, 0.15) is 13.8 Å². The Hall–Kier alpha value is -1.39. The van der Waals surface area contributed by atoms with Gasteiger partial charge in [0.05, 0.1) is 0 Å². The van der Waals surface area contributed by atoms with E-state index in [-0.39, 0.29) is 12.4 Å². The molecular formula is C14H20FNO2. The molecule has 0 amide bonds. The van der Waals surface area contributed by atoms with Crippen LogP contribution in [0.25, 0.3) is 0 Å². The van der Waals surface area contributed by atoms with Crippen molar-refractivity contribution < 1.29 is 14.2 Å². The van der Waals surface area contributed by atoms with Gasteiger partial charge in [-0.3, -0.25) is 0 Å². The lowest BCUT2D eigenvalue weighted by Gasteiger charge is -2.13. The van der Waals surface area contributed by atoms with E-state index in [2.05, 4.69) is 5.32 Å². The van der Waals surface area contributed by atoms with Gasteiger partial charge in [-0.15, -0.1) is 0 Å². The largest absolute Gasteiger partial charge is 0.488 e. The molecule has 1 aromatic carbocycles. The minimum absolute atomic E-state index is 0.0722. The van der Waals surface area contributed by atoms with Crippen LogP contribution < -0.4 is 10.1 Å². The van der Waals surface area contributed by atoms with Crippen LogP contribution in [-0.2, 0) is 0 Å². The van der Waals surface area contributed by atoms with Crippen LogP contribution in [0, 0.1) is 5.82 Å². The molecule has 0 saturated heterocycles. The van der Waals surface area contributed by atoms with Crippen molar-refractivity contribution in [1.82, 2.24) is 5.32 Å². The summed E-state index contributed by atoms with van der Waals surface area (Å²) in [5, 5.41) is 12.7. The molecule has 1 rings (SSSR count). The number of allylic oxidation sites excluding steroid dienone is 1. The fraction of sp³-hybridized carbons (Fsp3) is 0.429. The molecule has 0 radical (unpaired) electrons. The van der Waals surface area contributed by atoms with Gasteiger partial charge < -0.3 is 15.2 Å². The van der Waals surface area contributed by atoms with E-state index in [9.17, 15) is 9.50 Å². The van der Waals surface area contributed by atoms with E-state index in [0.29, 0.717) is 13.1 Å². The molecule has 1 aromatic rings. The van der Waals surface area contributed by atoms with Gasteiger partial charge in [-0.2, -0.15) is 0 Å². The molecule has 0 aliphatic heterocycles. The van der Waals surface area contributed by atoms with Gasteiger partial charge in [0.1, 0.15) is 12.7 Å². The number of para-hydroxylation sites is 1. The number of aliphatic hydroxyl groups is 1. The number of ether oxygens (including phenoxy) is 1. The standard InChI is InChI=1S/C14H20FNO2/c1-11(2)7-8-16-9-12(17)10-18-14-6-4-3-5-13(14)15/h3-7,12,16-17H,8-10H2,1-2H3. The zero-order valence-corrected chi connectivity index (χ0v) is 10.8. The van der Waals surface area contributed by atoms with Gasteiger partial charge in [0.15, 0.2) is 11.6 Å². The highest BCUT2D eigenvalue weighted by Gasteiger charge is 2.06. The zero-order valence-electron chi connectivity index (χ0n) is 10.8. The average Bonchev–Trinajstić information content (AvgIpc) is 2.33. The quantitative estimate of drug-likeness (QED) is 0.578. The van der Waals surface area contributed by atoms with Gasteiger partial charge in [0, 0.05) is 13.1 Å². The van der Waals surface area contributed by atoms with Crippen molar-refractivity contribution in [1.29, 1.82) is 0 Å². The molecule has 0 bridgehead atoms. The monoisotopic (exact) mass is 253 g/mol. The second kappa shape index (κ2) is 7.84. The summed E-state index contributed by atoms with van der Waals surface area (Å²) >= 11 is 0. The van der Waals surface area contributed by atoms with Crippen LogP contribution in [0.15, 0.2) is 35.9 Å². The summed E-state index contributed by atoms with van der Waals surface area (Å²) in [5.74, 6) is -0.247. The first-order valence-corrected chi connectivity index (χ1v) is 5.99. The van der Waals surface area contributed by atoms with Crippen LogP contribution in [0.4, 0.5) is 4.39 Å². The normalized spacial score (nSPS) is 12.0. The number of benzene rings is 1. The van der Waals surface area contributed by atoms with E-state index in [1.165, 1.54) is 11.6 Å². The summed E-state index contributed by atoms with van der Waals surface area (Å²) in [6.07, 6.45) is 1.37. The second-order valence-electron chi connectivity index (χ2n) is 4.33. The predicted octanol–water partition coefficient (Wildman–Crippen LogP) is 2.12. The lowest BCUT2D eigenvalue weighted by atomic mass is 10.3. The summed E-state index contributed by atoms with van der Waals surface area (Å²) in [6, 6.07) is 6.16. The van der Waals surface area contributed by atoms with Crippen LogP contribution in [-0.4, -0.2) is 30.9 Å². The predicted molar refractivity (Wildman–Crippen MR) is 70.2 cm³/mol. The molecule has 0 fully saturated rings. The molecular weight excluding hydrogens is 233 g/mol. The SMILES string of the molecule is CC(C)=CCNCC(O)COc1ccccc1F. The third-order valence-electron chi connectivity index (χ3n) is 2.30.